The van der Waals surface area contributed by atoms with Crippen LogP contribution in [0.25, 0.3) is 0 Å². The quantitative estimate of drug-likeness (QED) is 0.907. The lowest BCUT2D eigenvalue weighted by atomic mass is 9.97. The van der Waals surface area contributed by atoms with Gasteiger partial charge in [-0.1, -0.05) is 12.8 Å². The van der Waals surface area contributed by atoms with Crippen molar-refractivity contribution < 1.29 is 4.79 Å². The van der Waals surface area contributed by atoms with Crippen molar-refractivity contribution in [2.45, 2.75) is 37.8 Å². The van der Waals surface area contributed by atoms with E-state index in [0.29, 0.717) is 6.54 Å². The van der Waals surface area contributed by atoms with Crippen LogP contribution in [-0.2, 0) is 11.3 Å². The molecule has 1 aliphatic rings. The Kier molecular flexibility index (Phi) is 5.65. The van der Waals surface area contributed by atoms with E-state index in [4.69, 9.17) is 5.73 Å². The number of amides is 1. The molecule has 2 rings (SSSR count). The average Bonchev–Trinajstić information content (AvgIpc) is 2.88. The van der Waals surface area contributed by atoms with Crippen LogP contribution < -0.4 is 5.73 Å². The number of thiophene rings is 1. The highest BCUT2D eigenvalue weighted by Gasteiger charge is 2.38. The van der Waals surface area contributed by atoms with Gasteiger partial charge in [-0.15, -0.1) is 23.7 Å². The number of nitrogens with two attached hydrogens (primary N) is 1. The van der Waals surface area contributed by atoms with Gasteiger partial charge in [-0.25, -0.2) is 0 Å². The molecule has 0 spiro atoms. The molecule has 0 bridgehead atoms. The Hall–Kier alpha value is -0.100. The Morgan fingerprint density at radius 1 is 1.50 bits per heavy atom. The second-order valence-corrected chi connectivity index (χ2v) is 7.28. The summed E-state index contributed by atoms with van der Waals surface area (Å²) in [6.45, 7) is 0.647. The second kappa shape index (κ2) is 6.37. The first-order valence-corrected chi connectivity index (χ1v) is 7.41. The van der Waals surface area contributed by atoms with E-state index in [2.05, 4.69) is 15.9 Å². The molecule has 1 aliphatic carbocycles. The number of rotatable bonds is 3. The van der Waals surface area contributed by atoms with E-state index in [1.165, 1.54) is 4.88 Å². The van der Waals surface area contributed by atoms with Gasteiger partial charge >= 0.3 is 0 Å². The molecule has 0 radical (unpaired) electrons. The van der Waals surface area contributed by atoms with E-state index in [1.807, 2.05) is 19.2 Å². The summed E-state index contributed by atoms with van der Waals surface area (Å²) in [5.74, 6) is 0.0829. The molecule has 0 saturated heterocycles. The maximum Gasteiger partial charge on any atom is 0.242 e. The van der Waals surface area contributed by atoms with Crippen LogP contribution >= 0.6 is 39.7 Å². The highest BCUT2D eigenvalue weighted by molar-refractivity contribution is 9.11. The molecule has 6 heteroatoms. The van der Waals surface area contributed by atoms with Gasteiger partial charge in [-0.2, -0.15) is 0 Å². The number of carbonyl (C=O) groups is 1. The van der Waals surface area contributed by atoms with Crippen LogP contribution in [-0.4, -0.2) is 23.4 Å². The molecule has 1 heterocycles. The minimum absolute atomic E-state index is 0. The average molecular weight is 354 g/mol. The predicted molar refractivity (Wildman–Crippen MR) is 81.1 cm³/mol. The molecule has 1 saturated carbocycles. The van der Waals surface area contributed by atoms with Crippen LogP contribution in [0, 0.1) is 0 Å². The maximum atomic E-state index is 12.3. The molecule has 0 aliphatic heterocycles. The summed E-state index contributed by atoms with van der Waals surface area (Å²) in [7, 11) is 1.84. The Morgan fingerprint density at radius 2 is 2.11 bits per heavy atom. The topological polar surface area (TPSA) is 46.3 Å². The van der Waals surface area contributed by atoms with E-state index in [-0.39, 0.29) is 18.3 Å². The molecule has 0 aromatic carbocycles. The molecule has 0 atom stereocenters. The lowest BCUT2D eigenvalue weighted by Gasteiger charge is -2.28. The normalized spacial score (nSPS) is 17.3. The zero-order valence-corrected chi connectivity index (χ0v) is 13.5. The number of nitrogens with zero attached hydrogens (tertiary/aromatic N) is 1. The Balaban J connectivity index is 0.00000162. The number of carbonyl (C=O) groups excluding carboxylic acids is 1. The molecular formula is C12H18BrClN2OS. The summed E-state index contributed by atoms with van der Waals surface area (Å²) < 4.78 is 1.09. The van der Waals surface area contributed by atoms with Crippen molar-refractivity contribution in [2.24, 2.45) is 5.73 Å². The van der Waals surface area contributed by atoms with Crippen molar-refractivity contribution in [2.75, 3.05) is 7.05 Å². The Morgan fingerprint density at radius 3 is 2.61 bits per heavy atom. The molecule has 2 N–H and O–H groups in total. The monoisotopic (exact) mass is 352 g/mol. The van der Waals surface area contributed by atoms with Crippen LogP contribution in [0.3, 0.4) is 0 Å². The summed E-state index contributed by atoms with van der Waals surface area (Å²) in [5.41, 5.74) is 5.56. The predicted octanol–water partition coefficient (Wildman–Crippen LogP) is 3.16. The molecule has 0 unspecified atom stereocenters. The highest BCUT2D eigenvalue weighted by atomic mass is 79.9. The highest BCUT2D eigenvalue weighted by Crippen LogP contribution is 2.30. The van der Waals surface area contributed by atoms with E-state index in [0.717, 1.165) is 29.5 Å². The number of halogens is 2. The van der Waals surface area contributed by atoms with Gasteiger partial charge < -0.3 is 10.6 Å². The molecule has 102 valence electrons. The van der Waals surface area contributed by atoms with Gasteiger partial charge in [0, 0.05) is 11.9 Å². The van der Waals surface area contributed by atoms with Crippen molar-refractivity contribution in [3.63, 3.8) is 0 Å². The third-order valence-corrected chi connectivity index (χ3v) is 4.90. The third kappa shape index (κ3) is 3.47. The first-order chi connectivity index (χ1) is 8.01. The summed E-state index contributed by atoms with van der Waals surface area (Å²) >= 11 is 5.08. The van der Waals surface area contributed by atoms with E-state index in [1.54, 1.807) is 16.2 Å². The van der Waals surface area contributed by atoms with E-state index < -0.39 is 5.54 Å². The van der Waals surface area contributed by atoms with Gasteiger partial charge in [0.2, 0.25) is 5.91 Å². The molecule has 1 amide bonds. The van der Waals surface area contributed by atoms with Gasteiger partial charge in [0.05, 0.1) is 15.9 Å². The van der Waals surface area contributed by atoms with Crippen molar-refractivity contribution in [3.8, 4) is 0 Å². The van der Waals surface area contributed by atoms with E-state index in [9.17, 15) is 4.79 Å². The van der Waals surface area contributed by atoms with Gasteiger partial charge in [-0.3, -0.25) is 4.79 Å². The standard InChI is InChI=1S/C12H17BrN2OS.ClH/c1-15(8-9-4-5-10(13)17-9)11(16)12(14)6-2-3-7-12;/h4-5H,2-3,6-8,14H2,1H3;1H. The second-order valence-electron chi connectivity index (χ2n) is 4.73. The molecule has 1 aromatic rings. The lowest BCUT2D eigenvalue weighted by Crippen LogP contribution is -2.52. The van der Waals surface area contributed by atoms with E-state index >= 15 is 0 Å². The minimum atomic E-state index is -0.608. The fraction of sp³-hybridized carbons (Fsp3) is 0.583. The fourth-order valence-corrected chi connectivity index (χ4v) is 3.88. The van der Waals surface area contributed by atoms with Crippen LogP contribution in [0.1, 0.15) is 30.6 Å². The van der Waals surface area contributed by atoms with Crippen LogP contribution in [0.5, 0.6) is 0 Å². The maximum absolute atomic E-state index is 12.3. The summed E-state index contributed by atoms with van der Waals surface area (Å²) in [5, 5.41) is 0. The number of hydrogen-bond acceptors (Lipinski definition) is 3. The molecule has 1 aromatic heterocycles. The van der Waals surface area contributed by atoms with Gasteiger partial charge in [0.1, 0.15) is 0 Å². The third-order valence-electron chi connectivity index (χ3n) is 3.29. The molecular weight excluding hydrogens is 336 g/mol. The Bertz CT molecular complexity index is 418. The Labute approximate surface area is 126 Å². The van der Waals surface area contributed by atoms with Crippen molar-refractivity contribution in [1.29, 1.82) is 0 Å². The van der Waals surface area contributed by atoms with Crippen molar-refractivity contribution in [3.05, 3.63) is 20.8 Å². The largest absolute Gasteiger partial charge is 0.339 e. The summed E-state index contributed by atoms with van der Waals surface area (Å²) in [6, 6.07) is 4.04. The van der Waals surface area contributed by atoms with Crippen molar-refractivity contribution >= 4 is 45.6 Å². The summed E-state index contributed by atoms with van der Waals surface area (Å²) in [4.78, 5) is 15.2. The SMILES string of the molecule is CN(Cc1ccc(Br)s1)C(=O)C1(N)CCCC1.Cl. The molecule has 1 fully saturated rings. The summed E-state index contributed by atoms with van der Waals surface area (Å²) in [6.07, 6.45) is 3.79. The van der Waals surface area contributed by atoms with Crippen LogP contribution in [0.2, 0.25) is 0 Å². The van der Waals surface area contributed by atoms with Crippen LogP contribution in [0.4, 0.5) is 0 Å². The zero-order valence-electron chi connectivity index (χ0n) is 10.3. The smallest absolute Gasteiger partial charge is 0.242 e. The number of likely N-dealkylation sites (N-methyl/N-ethyl adjacent to an activating group) is 1. The lowest BCUT2D eigenvalue weighted by molar-refractivity contribution is -0.136. The van der Waals surface area contributed by atoms with Gasteiger partial charge in [0.15, 0.2) is 0 Å². The minimum Gasteiger partial charge on any atom is -0.339 e. The first kappa shape index (κ1) is 16.0. The van der Waals surface area contributed by atoms with Gasteiger partial charge in [-0.05, 0) is 40.9 Å². The first-order valence-electron chi connectivity index (χ1n) is 5.80. The molecule has 18 heavy (non-hydrogen) atoms. The number of hydrogen-bond donors (Lipinski definition) is 1. The van der Waals surface area contributed by atoms with Crippen molar-refractivity contribution in [1.82, 2.24) is 4.90 Å². The van der Waals surface area contributed by atoms with Crippen LogP contribution in [0.15, 0.2) is 15.9 Å². The van der Waals surface area contributed by atoms with Gasteiger partial charge in [0.25, 0.3) is 0 Å². The fourth-order valence-electron chi connectivity index (χ4n) is 2.34. The zero-order chi connectivity index (χ0) is 12.5. The molecule has 3 nitrogen and oxygen atoms in total.